The number of hydrogen-bond donors (Lipinski definition) is 1. The van der Waals surface area contributed by atoms with Crippen LogP contribution >= 0.6 is 0 Å². The average Bonchev–Trinajstić information content (AvgIpc) is 2.42. The van der Waals surface area contributed by atoms with Crippen LogP contribution in [0.5, 0.6) is 5.75 Å². The van der Waals surface area contributed by atoms with Gasteiger partial charge in [0.1, 0.15) is 5.75 Å². The van der Waals surface area contributed by atoms with Crippen molar-refractivity contribution in [1.82, 2.24) is 4.72 Å². The van der Waals surface area contributed by atoms with Crippen molar-refractivity contribution < 1.29 is 17.9 Å². The summed E-state index contributed by atoms with van der Waals surface area (Å²) in [6, 6.07) is 4.47. The number of anilines is 1. The highest BCUT2D eigenvalue weighted by Gasteiger charge is 2.31. The van der Waals surface area contributed by atoms with Gasteiger partial charge in [0.25, 0.3) is 5.91 Å². The third-order valence-corrected chi connectivity index (χ3v) is 4.53. The molecule has 0 aliphatic carbocycles. The highest BCUT2D eigenvalue weighted by Crippen LogP contribution is 2.35. The van der Waals surface area contributed by atoms with Crippen molar-refractivity contribution in [2.24, 2.45) is 0 Å². The maximum Gasteiger partial charge on any atom is 0.267 e. The molecule has 0 saturated carbocycles. The number of fused-ring (bicyclic) bond motifs is 1. The van der Waals surface area contributed by atoms with E-state index >= 15 is 0 Å². The Morgan fingerprint density at radius 1 is 1.42 bits per heavy atom. The van der Waals surface area contributed by atoms with E-state index in [0.717, 1.165) is 0 Å². The Morgan fingerprint density at radius 3 is 2.68 bits per heavy atom. The van der Waals surface area contributed by atoms with Crippen molar-refractivity contribution in [3.05, 3.63) is 18.2 Å². The summed E-state index contributed by atoms with van der Waals surface area (Å²) in [6.45, 7) is 1.86. The second kappa shape index (κ2) is 4.82. The number of amides is 1. The summed E-state index contributed by atoms with van der Waals surface area (Å²) in [4.78, 5) is 13.5. The minimum Gasteiger partial charge on any atom is -0.478 e. The molecule has 1 aromatic rings. The van der Waals surface area contributed by atoms with Crippen molar-refractivity contribution >= 4 is 21.6 Å². The smallest absolute Gasteiger partial charge is 0.267 e. The van der Waals surface area contributed by atoms with Crippen molar-refractivity contribution in [1.29, 1.82) is 0 Å². The predicted molar refractivity (Wildman–Crippen MR) is 70.8 cm³/mol. The Morgan fingerprint density at radius 2 is 2.11 bits per heavy atom. The van der Waals surface area contributed by atoms with Gasteiger partial charge in [0.2, 0.25) is 10.0 Å². The van der Waals surface area contributed by atoms with Crippen molar-refractivity contribution in [3.63, 3.8) is 0 Å². The van der Waals surface area contributed by atoms with Gasteiger partial charge < -0.3 is 9.64 Å². The van der Waals surface area contributed by atoms with Gasteiger partial charge in [0.15, 0.2) is 6.10 Å². The van der Waals surface area contributed by atoms with Crippen LogP contribution in [0.4, 0.5) is 5.69 Å². The van der Waals surface area contributed by atoms with Crippen LogP contribution in [-0.2, 0) is 14.8 Å². The minimum atomic E-state index is -3.54. The normalized spacial score (nSPS) is 19.0. The molecule has 0 aromatic heterocycles. The first kappa shape index (κ1) is 13.8. The number of nitrogens with zero attached hydrogens (tertiary/aromatic N) is 1. The molecule has 104 valence electrons. The first-order valence-electron chi connectivity index (χ1n) is 5.92. The van der Waals surface area contributed by atoms with Crippen LogP contribution < -0.4 is 14.4 Å². The quantitative estimate of drug-likeness (QED) is 0.887. The van der Waals surface area contributed by atoms with Crippen LogP contribution in [0.15, 0.2) is 23.1 Å². The van der Waals surface area contributed by atoms with E-state index in [1.807, 2.05) is 6.92 Å². The van der Waals surface area contributed by atoms with E-state index in [2.05, 4.69) is 4.72 Å². The molecule has 6 nitrogen and oxygen atoms in total. The lowest BCUT2D eigenvalue weighted by atomic mass is 10.1. The molecule has 1 amide bonds. The summed E-state index contributed by atoms with van der Waals surface area (Å²) in [5, 5.41) is 0. The summed E-state index contributed by atoms with van der Waals surface area (Å²) < 4.78 is 31.3. The van der Waals surface area contributed by atoms with E-state index in [4.69, 9.17) is 4.74 Å². The Kier molecular flexibility index (Phi) is 3.51. The molecule has 1 aliphatic rings. The molecule has 0 fully saturated rings. The highest BCUT2D eigenvalue weighted by atomic mass is 32.2. The zero-order valence-corrected chi connectivity index (χ0v) is 11.8. The van der Waals surface area contributed by atoms with Gasteiger partial charge in [-0.1, -0.05) is 6.92 Å². The Hall–Kier alpha value is -1.60. The molecule has 1 aliphatic heterocycles. The summed E-state index contributed by atoms with van der Waals surface area (Å²) >= 11 is 0. The van der Waals surface area contributed by atoms with Crippen LogP contribution in [0.1, 0.15) is 13.3 Å². The van der Waals surface area contributed by atoms with Crippen molar-refractivity contribution in [2.75, 3.05) is 19.0 Å². The van der Waals surface area contributed by atoms with Crippen LogP contribution in [0.2, 0.25) is 0 Å². The topological polar surface area (TPSA) is 75.7 Å². The molecule has 0 bridgehead atoms. The molecule has 1 aromatic carbocycles. The zero-order valence-electron chi connectivity index (χ0n) is 11.0. The average molecular weight is 284 g/mol. The lowest BCUT2D eigenvalue weighted by molar-refractivity contribution is -0.126. The lowest BCUT2D eigenvalue weighted by Crippen LogP contribution is -2.43. The van der Waals surface area contributed by atoms with Crippen molar-refractivity contribution in [2.45, 2.75) is 24.3 Å². The Balaban J connectivity index is 2.50. The molecule has 1 atom stereocenters. The van der Waals surface area contributed by atoms with E-state index in [1.54, 1.807) is 13.1 Å². The van der Waals surface area contributed by atoms with Gasteiger partial charge in [-0.15, -0.1) is 0 Å². The standard InChI is InChI=1S/C12H16N2O4S/c1-4-10-12(15)14(3)9-7-8(19(16,17)13-2)5-6-11(9)18-10/h5-7,10,13H,4H2,1-3H3. The molecule has 7 heteroatoms. The van der Waals surface area contributed by atoms with Gasteiger partial charge in [0.05, 0.1) is 10.6 Å². The third kappa shape index (κ3) is 2.31. The number of sulfonamides is 1. The maximum absolute atomic E-state index is 12.0. The fourth-order valence-electron chi connectivity index (χ4n) is 1.94. The zero-order chi connectivity index (χ0) is 14.2. The minimum absolute atomic E-state index is 0.104. The number of carbonyl (C=O) groups is 1. The number of benzene rings is 1. The van der Waals surface area contributed by atoms with Gasteiger partial charge in [-0.3, -0.25) is 4.79 Å². The molecule has 0 saturated heterocycles. The molecule has 0 spiro atoms. The number of ether oxygens (including phenoxy) is 1. The molecular formula is C12H16N2O4S. The molecule has 2 rings (SSSR count). The second-order valence-electron chi connectivity index (χ2n) is 4.25. The van der Waals surface area contributed by atoms with Crippen LogP contribution in [0, 0.1) is 0 Å². The van der Waals surface area contributed by atoms with E-state index in [-0.39, 0.29) is 10.8 Å². The number of likely N-dealkylation sites (N-methyl/N-ethyl adjacent to an activating group) is 1. The molecule has 1 heterocycles. The van der Waals surface area contributed by atoms with Crippen LogP contribution in [0.3, 0.4) is 0 Å². The van der Waals surface area contributed by atoms with Gasteiger partial charge in [-0.25, -0.2) is 13.1 Å². The predicted octanol–water partition coefficient (Wildman–Crippen LogP) is 0.728. The molecule has 0 radical (unpaired) electrons. The number of hydrogen-bond acceptors (Lipinski definition) is 4. The fourth-order valence-corrected chi connectivity index (χ4v) is 2.69. The summed E-state index contributed by atoms with van der Waals surface area (Å²) in [5.41, 5.74) is 0.464. The molecular weight excluding hydrogens is 268 g/mol. The SMILES string of the molecule is CCC1Oc2ccc(S(=O)(=O)NC)cc2N(C)C1=O. The maximum atomic E-state index is 12.0. The summed E-state index contributed by atoms with van der Waals surface area (Å²) in [7, 11) is -0.581. The van der Waals surface area contributed by atoms with Crippen LogP contribution in [0.25, 0.3) is 0 Å². The third-order valence-electron chi connectivity index (χ3n) is 3.12. The molecule has 1 unspecified atom stereocenters. The Labute approximate surface area is 112 Å². The molecule has 19 heavy (non-hydrogen) atoms. The lowest BCUT2D eigenvalue weighted by Gasteiger charge is -2.31. The van der Waals surface area contributed by atoms with E-state index in [1.165, 1.54) is 24.1 Å². The van der Waals surface area contributed by atoms with Crippen LogP contribution in [-0.4, -0.2) is 34.5 Å². The Bertz CT molecular complexity index is 612. The van der Waals surface area contributed by atoms with Gasteiger partial charge in [0, 0.05) is 7.05 Å². The van der Waals surface area contributed by atoms with Gasteiger partial charge >= 0.3 is 0 Å². The first-order valence-corrected chi connectivity index (χ1v) is 7.41. The molecule has 1 N–H and O–H groups in total. The first-order chi connectivity index (χ1) is 8.90. The fraction of sp³-hybridized carbons (Fsp3) is 0.417. The second-order valence-corrected chi connectivity index (χ2v) is 6.14. The number of rotatable bonds is 3. The summed E-state index contributed by atoms with van der Waals surface area (Å²) in [5.74, 6) is 0.345. The van der Waals surface area contributed by atoms with E-state index in [9.17, 15) is 13.2 Å². The monoisotopic (exact) mass is 284 g/mol. The summed E-state index contributed by atoms with van der Waals surface area (Å²) in [6.07, 6.45) is 0.0587. The van der Waals surface area contributed by atoms with Gasteiger partial charge in [-0.2, -0.15) is 0 Å². The highest BCUT2D eigenvalue weighted by molar-refractivity contribution is 7.89. The van der Waals surface area contributed by atoms with E-state index < -0.39 is 16.1 Å². The number of carbonyl (C=O) groups excluding carboxylic acids is 1. The largest absolute Gasteiger partial charge is 0.478 e. The van der Waals surface area contributed by atoms with E-state index in [0.29, 0.717) is 17.9 Å². The van der Waals surface area contributed by atoms with Gasteiger partial charge in [-0.05, 0) is 31.7 Å². The van der Waals surface area contributed by atoms with Crippen molar-refractivity contribution in [3.8, 4) is 5.75 Å². The number of nitrogens with one attached hydrogen (secondary N) is 1.